The molecule has 1 unspecified atom stereocenters. The highest BCUT2D eigenvalue weighted by molar-refractivity contribution is 7.15. The summed E-state index contributed by atoms with van der Waals surface area (Å²) in [4.78, 5) is 6.31. The molecule has 3 rings (SSSR count). The summed E-state index contributed by atoms with van der Waals surface area (Å²) >= 11 is 3.60. The predicted molar refractivity (Wildman–Crippen MR) is 79.3 cm³/mol. The van der Waals surface area contributed by atoms with Crippen LogP contribution < -0.4 is 5.32 Å². The van der Waals surface area contributed by atoms with E-state index in [4.69, 9.17) is 4.98 Å². The SMILES string of the molecule is CNC1CC(C)(C)Cc2nc(-c3ccsc3)sc21. The number of rotatable bonds is 2. The maximum absolute atomic E-state index is 4.87. The minimum atomic E-state index is 0.348. The van der Waals surface area contributed by atoms with Gasteiger partial charge in [-0.25, -0.2) is 4.98 Å². The first-order valence-electron chi connectivity index (χ1n) is 6.28. The molecule has 0 bridgehead atoms. The van der Waals surface area contributed by atoms with E-state index in [1.165, 1.54) is 27.6 Å². The fraction of sp³-hybridized carbons (Fsp3) is 0.500. The van der Waals surface area contributed by atoms with Crippen molar-refractivity contribution in [3.05, 3.63) is 27.4 Å². The normalized spacial score (nSPS) is 21.8. The molecular weight excluding hydrogens is 260 g/mol. The van der Waals surface area contributed by atoms with Gasteiger partial charge < -0.3 is 5.32 Å². The summed E-state index contributed by atoms with van der Waals surface area (Å²) in [6.45, 7) is 4.67. The van der Waals surface area contributed by atoms with Crippen LogP contribution >= 0.6 is 22.7 Å². The predicted octanol–water partition coefficient (Wildman–Crippen LogP) is 4.10. The summed E-state index contributed by atoms with van der Waals surface area (Å²) in [5.74, 6) is 0. The van der Waals surface area contributed by atoms with Crippen molar-refractivity contribution < 1.29 is 0 Å². The average Bonchev–Trinajstić information content (AvgIpc) is 2.93. The second kappa shape index (κ2) is 4.44. The monoisotopic (exact) mass is 278 g/mol. The van der Waals surface area contributed by atoms with Crippen molar-refractivity contribution in [2.45, 2.75) is 32.7 Å². The van der Waals surface area contributed by atoms with Gasteiger partial charge >= 0.3 is 0 Å². The number of hydrogen-bond donors (Lipinski definition) is 1. The van der Waals surface area contributed by atoms with Crippen molar-refractivity contribution in [1.82, 2.24) is 10.3 Å². The Morgan fingerprint density at radius 2 is 2.28 bits per heavy atom. The van der Waals surface area contributed by atoms with E-state index in [-0.39, 0.29) is 0 Å². The number of fused-ring (bicyclic) bond motifs is 1. The van der Waals surface area contributed by atoms with Crippen LogP contribution in [0.4, 0.5) is 0 Å². The zero-order chi connectivity index (χ0) is 12.8. The highest BCUT2D eigenvalue weighted by atomic mass is 32.1. The average molecular weight is 278 g/mol. The molecule has 0 fully saturated rings. The second-order valence-corrected chi connectivity index (χ2v) is 7.54. The smallest absolute Gasteiger partial charge is 0.124 e. The van der Waals surface area contributed by atoms with Crippen LogP contribution in [0.5, 0.6) is 0 Å². The van der Waals surface area contributed by atoms with E-state index < -0.39 is 0 Å². The van der Waals surface area contributed by atoms with Crippen molar-refractivity contribution in [2.75, 3.05) is 7.05 Å². The molecule has 2 aromatic rings. The molecule has 1 atom stereocenters. The second-order valence-electron chi connectivity index (χ2n) is 5.73. The number of nitrogens with one attached hydrogen (secondary N) is 1. The van der Waals surface area contributed by atoms with Crippen LogP contribution in [0.1, 0.15) is 36.9 Å². The minimum Gasteiger partial charge on any atom is -0.312 e. The summed E-state index contributed by atoms with van der Waals surface area (Å²) in [6.07, 6.45) is 2.29. The van der Waals surface area contributed by atoms with Gasteiger partial charge in [-0.1, -0.05) is 13.8 Å². The summed E-state index contributed by atoms with van der Waals surface area (Å²) in [7, 11) is 2.06. The number of thiophene rings is 1. The molecule has 1 N–H and O–H groups in total. The van der Waals surface area contributed by atoms with Crippen LogP contribution in [-0.4, -0.2) is 12.0 Å². The third-order valence-corrected chi connectivity index (χ3v) is 5.51. The van der Waals surface area contributed by atoms with Crippen LogP contribution in [0.15, 0.2) is 16.8 Å². The lowest BCUT2D eigenvalue weighted by molar-refractivity contribution is 0.265. The Hall–Kier alpha value is -0.710. The fourth-order valence-corrected chi connectivity index (χ4v) is 4.58. The number of nitrogens with zero attached hydrogens (tertiary/aromatic N) is 1. The van der Waals surface area contributed by atoms with Gasteiger partial charge in [-0.3, -0.25) is 0 Å². The lowest BCUT2D eigenvalue weighted by atomic mass is 9.76. The van der Waals surface area contributed by atoms with E-state index in [1.54, 1.807) is 11.3 Å². The molecule has 0 aliphatic heterocycles. The molecule has 2 aromatic heterocycles. The lowest BCUT2D eigenvalue weighted by Gasteiger charge is -2.34. The van der Waals surface area contributed by atoms with E-state index in [1.807, 2.05) is 11.3 Å². The first kappa shape index (κ1) is 12.3. The van der Waals surface area contributed by atoms with Crippen LogP contribution in [0.3, 0.4) is 0 Å². The zero-order valence-electron chi connectivity index (χ0n) is 11.0. The van der Waals surface area contributed by atoms with Crippen LogP contribution in [0.2, 0.25) is 0 Å². The molecule has 0 amide bonds. The standard InChI is InChI=1S/C14H18N2S2/c1-14(2)6-10(15-3)12-11(7-14)16-13(18-12)9-4-5-17-8-9/h4-5,8,10,15H,6-7H2,1-3H3. The van der Waals surface area contributed by atoms with Gasteiger partial charge in [-0.15, -0.1) is 11.3 Å². The molecule has 96 valence electrons. The number of thiazole rings is 1. The van der Waals surface area contributed by atoms with Gasteiger partial charge in [-0.2, -0.15) is 11.3 Å². The Kier molecular flexibility index (Phi) is 3.04. The maximum atomic E-state index is 4.87. The van der Waals surface area contributed by atoms with Crippen molar-refractivity contribution in [2.24, 2.45) is 5.41 Å². The van der Waals surface area contributed by atoms with Gasteiger partial charge in [0.05, 0.1) is 5.69 Å². The molecular formula is C14H18N2S2. The number of aromatic nitrogens is 1. The Morgan fingerprint density at radius 1 is 1.44 bits per heavy atom. The van der Waals surface area contributed by atoms with Crippen molar-refractivity contribution >= 4 is 22.7 Å². The highest BCUT2D eigenvalue weighted by Gasteiger charge is 2.34. The first-order chi connectivity index (χ1) is 8.59. The fourth-order valence-electron chi connectivity index (χ4n) is 2.68. The van der Waals surface area contributed by atoms with Crippen LogP contribution in [0, 0.1) is 5.41 Å². The molecule has 1 aliphatic carbocycles. The minimum absolute atomic E-state index is 0.348. The summed E-state index contributed by atoms with van der Waals surface area (Å²) in [5.41, 5.74) is 2.92. The topological polar surface area (TPSA) is 24.9 Å². The molecule has 18 heavy (non-hydrogen) atoms. The number of hydrogen-bond acceptors (Lipinski definition) is 4. The quantitative estimate of drug-likeness (QED) is 0.894. The van der Waals surface area contributed by atoms with Gasteiger partial charge in [0, 0.05) is 21.9 Å². The van der Waals surface area contributed by atoms with Crippen LogP contribution in [-0.2, 0) is 6.42 Å². The van der Waals surface area contributed by atoms with Gasteiger partial charge in [0.25, 0.3) is 0 Å². The van der Waals surface area contributed by atoms with Crippen molar-refractivity contribution in [1.29, 1.82) is 0 Å². The van der Waals surface area contributed by atoms with Crippen LogP contribution in [0.25, 0.3) is 10.6 Å². The third-order valence-electron chi connectivity index (χ3n) is 3.56. The Labute approximate surface area is 116 Å². The largest absolute Gasteiger partial charge is 0.312 e. The van der Waals surface area contributed by atoms with Crippen molar-refractivity contribution in [3.8, 4) is 10.6 Å². The first-order valence-corrected chi connectivity index (χ1v) is 8.04. The Morgan fingerprint density at radius 3 is 2.94 bits per heavy atom. The Balaban J connectivity index is 2.03. The van der Waals surface area contributed by atoms with Gasteiger partial charge in [0.2, 0.25) is 0 Å². The van der Waals surface area contributed by atoms with Gasteiger partial charge in [0.1, 0.15) is 5.01 Å². The third kappa shape index (κ3) is 2.13. The molecule has 0 saturated heterocycles. The molecule has 0 aromatic carbocycles. The lowest BCUT2D eigenvalue weighted by Crippen LogP contribution is -2.30. The highest BCUT2D eigenvalue weighted by Crippen LogP contribution is 2.44. The van der Waals surface area contributed by atoms with Gasteiger partial charge in [0.15, 0.2) is 0 Å². The van der Waals surface area contributed by atoms with Crippen molar-refractivity contribution in [3.63, 3.8) is 0 Å². The molecule has 4 heteroatoms. The van der Waals surface area contributed by atoms with Gasteiger partial charge in [-0.05, 0) is 36.8 Å². The zero-order valence-corrected chi connectivity index (χ0v) is 12.6. The van der Waals surface area contributed by atoms with E-state index in [0.717, 1.165) is 6.42 Å². The van der Waals surface area contributed by atoms with E-state index in [0.29, 0.717) is 11.5 Å². The van der Waals surface area contributed by atoms with E-state index in [9.17, 15) is 0 Å². The Bertz CT molecular complexity index is 540. The molecule has 2 nitrogen and oxygen atoms in total. The molecule has 1 aliphatic rings. The summed E-state index contributed by atoms with van der Waals surface area (Å²) in [5, 5.41) is 8.93. The molecule has 2 heterocycles. The van der Waals surface area contributed by atoms with E-state index >= 15 is 0 Å². The molecule has 0 saturated carbocycles. The maximum Gasteiger partial charge on any atom is 0.124 e. The molecule has 0 spiro atoms. The summed E-state index contributed by atoms with van der Waals surface area (Å²) in [6, 6.07) is 2.63. The summed E-state index contributed by atoms with van der Waals surface area (Å²) < 4.78 is 0. The molecule has 0 radical (unpaired) electrons. The van der Waals surface area contributed by atoms with E-state index in [2.05, 4.69) is 43.0 Å².